The van der Waals surface area contributed by atoms with E-state index in [-0.39, 0.29) is 21.8 Å². The van der Waals surface area contributed by atoms with Gasteiger partial charge < -0.3 is 14.8 Å². The summed E-state index contributed by atoms with van der Waals surface area (Å²) < 4.78 is 37.0. The predicted octanol–water partition coefficient (Wildman–Crippen LogP) is 3.80. The van der Waals surface area contributed by atoms with Gasteiger partial charge in [-0.2, -0.15) is 0 Å². The molecule has 3 rings (SSSR count). The Morgan fingerprint density at radius 1 is 1.03 bits per heavy atom. The fourth-order valence-electron chi connectivity index (χ4n) is 3.22. The van der Waals surface area contributed by atoms with Crippen LogP contribution >= 0.6 is 23.2 Å². The van der Waals surface area contributed by atoms with Gasteiger partial charge in [0.05, 0.1) is 18.0 Å². The van der Waals surface area contributed by atoms with Gasteiger partial charge in [0.1, 0.15) is 19.3 Å². The van der Waals surface area contributed by atoms with Gasteiger partial charge >= 0.3 is 0 Å². The minimum Gasteiger partial charge on any atom is -0.486 e. The van der Waals surface area contributed by atoms with E-state index in [0.717, 1.165) is 16.1 Å². The molecule has 1 aliphatic heterocycles. The van der Waals surface area contributed by atoms with Gasteiger partial charge in [-0.25, -0.2) is 8.42 Å². The molecule has 30 heavy (non-hydrogen) atoms. The highest BCUT2D eigenvalue weighted by Crippen LogP contribution is 2.33. The number of hydrogen-bond acceptors (Lipinski definition) is 5. The number of sulfonamides is 1. The Hall–Kier alpha value is -2.16. The van der Waals surface area contributed by atoms with E-state index in [4.69, 9.17) is 32.7 Å². The van der Waals surface area contributed by atoms with E-state index in [1.165, 1.54) is 25.1 Å². The third-order valence-corrected chi connectivity index (χ3v) is 6.29. The van der Waals surface area contributed by atoms with Crippen LogP contribution in [0.4, 0.5) is 5.69 Å². The first kappa shape index (κ1) is 22.5. The van der Waals surface area contributed by atoms with Crippen LogP contribution in [0.25, 0.3) is 0 Å². The molecule has 0 saturated heterocycles. The summed E-state index contributed by atoms with van der Waals surface area (Å²) in [5.41, 5.74) is 1.01. The standard InChI is InChI=1S/C20H22Cl2N2O5S/c1-12(14-4-5-18-19(8-14)29-7-6-28-18)23-20(25)13(2)24(30(3,26)27)17-10-15(21)9-16(22)11-17/h4-5,8-13H,6-7H2,1-3H3,(H,23,25)/t12-,13+/m0/s1. The summed E-state index contributed by atoms with van der Waals surface area (Å²) in [4.78, 5) is 12.9. The SMILES string of the molecule is C[C@H](NC(=O)[C@@H](C)N(c1cc(Cl)cc(Cl)c1)S(C)(=O)=O)c1ccc2c(c1)OCCO2. The molecule has 0 fully saturated rings. The van der Waals surface area contributed by atoms with Crippen LogP contribution in [-0.2, 0) is 14.8 Å². The highest BCUT2D eigenvalue weighted by molar-refractivity contribution is 7.92. The number of rotatable bonds is 6. The Morgan fingerprint density at radius 3 is 2.23 bits per heavy atom. The van der Waals surface area contributed by atoms with E-state index >= 15 is 0 Å². The molecule has 1 amide bonds. The minimum absolute atomic E-state index is 0.213. The number of anilines is 1. The second-order valence-corrected chi connectivity index (χ2v) is 9.73. The van der Waals surface area contributed by atoms with Gasteiger partial charge in [0.2, 0.25) is 15.9 Å². The maximum Gasteiger partial charge on any atom is 0.244 e. The topological polar surface area (TPSA) is 84.9 Å². The van der Waals surface area contributed by atoms with Crippen molar-refractivity contribution in [2.75, 3.05) is 23.8 Å². The van der Waals surface area contributed by atoms with Crippen LogP contribution in [0.2, 0.25) is 10.0 Å². The zero-order chi connectivity index (χ0) is 22.1. The lowest BCUT2D eigenvalue weighted by Gasteiger charge is -2.29. The van der Waals surface area contributed by atoms with Crippen molar-refractivity contribution in [1.29, 1.82) is 0 Å². The molecule has 0 bridgehead atoms. The van der Waals surface area contributed by atoms with Crippen molar-refractivity contribution < 1.29 is 22.7 Å². The molecule has 0 aromatic heterocycles. The van der Waals surface area contributed by atoms with E-state index in [0.29, 0.717) is 24.7 Å². The van der Waals surface area contributed by atoms with Crippen molar-refractivity contribution in [2.45, 2.75) is 25.9 Å². The third-order valence-electron chi connectivity index (χ3n) is 4.62. The number of nitrogens with one attached hydrogen (secondary N) is 1. The molecule has 0 spiro atoms. The first-order chi connectivity index (χ1) is 14.1. The van der Waals surface area contributed by atoms with Crippen molar-refractivity contribution in [3.05, 3.63) is 52.0 Å². The second-order valence-electron chi connectivity index (χ2n) is 7.00. The maximum absolute atomic E-state index is 12.9. The molecule has 1 heterocycles. The molecule has 1 N–H and O–H groups in total. The van der Waals surface area contributed by atoms with Crippen molar-refractivity contribution in [3.63, 3.8) is 0 Å². The van der Waals surface area contributed by atoms with Gasteiger partial charge in [0.15, 0.2) is 11.5 Å². The smallest absolute Gasteiger partial charge is 0.244 e. The molecular formula is C20H22Cl2N2O5S. The zero-order valence-corrected chi connectivity index (χ0v) is 19.0. The van der Waals surface area contributed by atoms with E-state index < -0.39 is 22.0 Å². The van der Waals surface area contributed by atoms with Crippen LogP contribution in [0, 0.1) is 0 Å². The highest BCUT2D eigenvalue weighted by Gasteiger charge is 2.30. The van der Waals surface area contributed by atoms with E-state index in [2.05, 4.69) is 5.32 Å². The van der Waals surface area contributed by atoms with Gasteiger partial charge in [-0.15, -0.1) is 0 Å². The quantitative estimate of drug-likeness (QED) is 0.690. The lowest BCUT2D eigenvalue weighted by atomic mass is 10.1. The van der Waals surface area contributed by atoms with Crippen LogP contribution in [-0.4, -0.2) is 39.8 Å². The summed E-state index contributed by atoms with van der Waals surface area (Å²) in [7, 11) is -3.79. The largest absolute Gasteiger partial charge is 0.486 e. The lowest BCUT2D eigenvalue weighted by Crippen LogP contribution is -2.48. The van der Waals surface area contributed by atoms with E-state index in [1.807, 2.05) is 6.07 Å². The number of halogens is 2. The average Bonchev–Trinajstić information content (AvgIpc) is 2.65. The van der Waals surface area contributed by atoms with Gasteiger partial charge in [-0.05, 0) is 49.7 Å². The summed E-state index contributed by atoms with van der Waals surface area (Å²) in [6.45, 7) is 4.25. The summed E-state index contributed by atoms with van der Waals surface area (Å²) in [6.07, 6.45) is 1.02. The second kappa shape index (κ2) is 8.91. The summed E-state index contributed by atoms with van der Waals surface area (Å²) in [5.74, 6) is 0.788. The molecule has 10 heteroatoms. The fraction of sp³-hybridized carbons (Fsp3) is 0.350. The van der Waals surface area contributed by atoms with Crippen LogP contribution in [0.3, 0.4) is 0 Å². The highest BCUT2D eigenvalue weighted by atomic mass is 35.5. The van der Waals surface area contributed by atoms with E-state index in [9.17, 15) is 13.2 Å². The van der Waals surface area contributed by atoms with Crippen molar-refractivity contribution in [2.24, 2.45) is 0 Å². The van der Waals surface area contributed by atoms with Gasteiger partial charge in [-0.1, -0.05) is 29.3 Å². The number of nitrogens with zero attached hydrogens (tertiary/aromatic N) is 1. The van der Waals surface area contributed by atoms with Crippen molar-refractivity contribution in [1.82, 2.24) is 5.32 Å². The predicted molar refractivity (Wildman–Crippen MR) is 117 cm³/mol. The molecule has 1 aliphatic rings. The van der Waals surface area contributed by atoms with Crippen LogP contribution in [0.5, 0.6) is 11.5 Å². The monoisotopic (exact) mass is 472 g/mol. The summed E-state index contributed by atoms with van der Waals surface area (Å²) >= 11 is 12.0. The Balaban J connectivity index is 1.81. The molecule has 0 aliphatic carbocycles. The van der Waals surface area contributed by atoms with Crippen molar-refractivity contribution >= 4 is 44.8 Å². The Labute approximate surface area is 185 Å². The first-order valence-electron chi connectivity index (χ1n) is 9.21. The average molecular weight is 473 g/mol. The Kier molecular flexibility index (Phi) is 6.69. The first-order valence-corrected chi connectivity index (χ1v) is 11.8. The van der Waals surface area contributed by atoms with Gasteiger partial charge in [-0.3, -0.25) is 9.10 Å². The molecular weight excluding hydrogens is 451 g/mol. The number of carbonyl (C=O) groups is 1. The number of fused-ring (bicyclic) bond motifs is 1. The Morgan fingerprint density at radius 2 is 1.63 bits per heavy atom. The molecule has 2 aromatic rings. The lowest BCUT2D eigenvalue weighted by molar-refractivity contribution is -0.122. The zero-order valence-electron chi connectivity index (χ0n) is 16.7. The number of carbonyl (C=O) groups excluding carboxylic acids is 1. The summed E-state index contributed by atoms with van der Waals surface area (Å²) in [5, 5.41) is 3.38. The number of amides is 1. The number of benzene rings is 2. The molecule has 7 nitrogen and oxygen atoms in total. The molecule has 0 unspecified atom stereocenters. The number of hydrogen-bond donors (Lipinski definition) is 1. The van der Waals surface area contributed by atoms with Crippen molar-refractivity contribution in [3.8, 4) is 11.5 Å². The van der Waals surface area contributed by atoms with Crippen LogP contribution < -0.4 is 19.1 Å². The Bertz CT molecular complexity index is 1040. The molecule has 2 aromatic carbocycles. The normalized spacial score (nSPS) is 15.2. The molecule has 0 radical (unpaired) electrons. The van der Waals surface area contributed by atoms with Gasteiger partial charge in [0.25, 0.3) is 0 Å². The van der Waals surface area contributed by atoms with Crippen LogP contribution in [0.15, 0.2) is 36.4 Å². The third kappa shape index (κ3) is 5.11. The van der Waals surface area contributed by atoms with Gasteiger partial charge in [0, 0.05) is 10.0 Å². The molecule has 0 saturated carbocycles. The van der Waals surface area contributed by atoms with E-state index in [1.54, 1.807) is 19.1 Å². The molecule has 2 atom stereocenters. The summed E-state index contributed by atoms with van der Waals surface area (Å²) in [6, 6.07) is 8.37. The number of ether oxygens (including phenoxy) is 2. The molecule has 162 valence electrons. The van der Waals surface area contributed by atoms with Crippen LogP contribution in [0.1, 0.15) is 25.5 Å². The fourth-order valence-corrected chi connectivity index (χ4v) is 4.89. The minimum atomic E-state index is -3.79. The maximum atomic E-state index is 12.9.